The van der Waals surface area contributed by atoms with Crippen LogP contribution in [0.25, 0.3) is 16.9 Å². The Morgan fingerprint density at radius 2 is 1.89 bits per heavy atom. The van der Waals surface area contributed by atoms with Crippen LogP contribution in [0.4, 0.5) is 5.82 Å². The van der Waals surface area contributed by atoms with Gasteiger partial charge in [-0.2, -0.15) is 5.26 Å². The molecule has 2 N–H and O–H groups in total. The summed E-state index contributed by atoms with van der Waals surface area (Å²) in [6, 6.07) is 12.8. The van der Waals surface area contributed by atoms with Gasteiger partial charge in [-0.05, 0) is 24.3 Å². The highest BCUT2D eigenvalue weighted by Crippen LogP contribution is 2.27. The lowest BCUT2D eigenvalue weighted by Crippen LogP contribution is -1.93. The first-order valence-electron chi connectivity index (χ1n) is 5.62. The number of anilines is 1. The Balaban J connectivity index is 2.19. The van der Waals surface area contributed by atoms with Crippen molar-refractivity contribution in [2.45, 2.75) is 0 Å². The van der Waals surface area contributed by atoms with Crippen LogP contribution in [0, 0.1) is 11.3 Å². The highest BCUT2D eigenvalue weighted by Gasteiger charge is 2.11. The minimum Gasteiger partial charge on any atom is -0.383 e. The van der Waals surface area contributed by atoms with Gasteiger partial charge in [0.2, 0.25) is 0 Å². The Morgan fingerprint density at radius 3 is 2.58 bits per heavy atom. The normalized spacial score (nSPS) is 10.5. The van der Waals surface area contributed by atoms with Crippen LogP contribution in [0.3, 0.4) is 0 Å². The number of fused-ring (bicyclic) bond motifs is 1. The number of hydrogen-bond donors (Lipinski definition) is 1. The Kier molecular flexibility index (Phi) is 2.62. The minimum absolute atomic E-state index is 0.530. The summed E-state index contributed by atoms with van der Waals surface area (Å²) in [4.78, 5) is 4.48. The van der Waals surface area contributed by atoms with Gasteiger partial charge in [-0.15, -0.1) is 0 Å². The fourth-order valence-corrected chi connectivity index (χ4v) is 2.11. The Morgan fingerprint density at radius 1 is 1.16 bits per heavy atom. The average Bonchev–Trinajstić information content (AvgIpc) is 2.76. The summed E-state index contributed by atoms with van der Waals surface area (Å²) < 4.78 is 1.75. The van der Waals surface area contributed by atoms with E-state index in [0.29, 0.717) is 22.1 Å². The smallest absolute Gasteiger partial charge is 0.139 e. The van der Waals surface area contributed by atoms with Crippen molar-refractivity contribution < 1.29 is 0 Å². The zero-order valence-electron chi connectivity index (χ0n) is 9.84. The van der Waals surface area contributed by atoms with E-state index in [0.717, 1.165) is 11.2 Å². The van der Waals surface area contributed by atoms with Gasteiger partial charge in [0.1, 0.15) is 17.2 Å². The van der Waals surface area contributed by atoms with E-state index in [1.54, 1.807) is 28.8 Å². The zero-order valence-corrected chi connectivity index (χ0v) is 10.6. The molecule has 1 aromatic carbocycles. The van der Waals surface area contributed by atoms with E-state index in [9.17, 15) is 0 Å². The molecule has 3 aromatic rings. The summed E-state index contributed by atoms with van der Waals surface area (Å²) >= 11 is 5.95. The first kappa shape index (κ1) is 11.6. The molecular weight excluding hydrogens is 260 g/mol. The quantitative estimate of drug-likeness (QED) is 0.737. The van der Waals surface area contributed by atoms with Crippen molar-refractivity contribution in [1.29, 1.82) is 5.26 Å². The van der Waals surface area contributed by atoms with E-state index in [1.165, 1.54) is 0 Å². The van der Waals surface area contributed by atoms with Crippen LogP contribution >= 0.6 is 11.6 Å². The highest BCUT2D eigenvalue weighted by molar-refractivity contribution is 6.30. The first-order valence-corrected chi connectivity index (χ1v) is 6.00. The van der Waals surface area contributed by atoms with Gasteiger partial charge >= 0.3 is 0 Å². The fourth-order valence-electron chi connectivity index (χ4n) is 1.95. The summed E-state index contributed by atoms with van der Waals surface area (Å²) in [6.07, 6.45) is 1.73. The molecule has 0 amide bonds. The Bertz CT molecular complexity index is 797. The Labute approximate surface area is 114 Å². The van der Waals surface area contributed by atoms with Gasteiger partial charge in [-0.3, -0.25) is 4.40 Å². The van der Waals surface area contributed by atoms with Gasteiger partial charge in [0, 0.05) is 11.8 Å². The van der Waals surface area contributed by atoms with Crippen molar-refractivity contribution in [2.75, 3.05) is 5.73 Å². The van der Waals surface area contributed by atoms with E-state index in [2.05, 4.69) is 11.1 Å². The lowest BCUT2D eigenvalue weighted by atomic mass is 10.1. The van der Waals surface area contributed by atoms with Crippen LogP contribution in [0.5, 0.6) is 0 Å². The molecule has 0 bridgehead atoms. The van der Waals surface area contributed by atoms with Gasteiger partial charge in [0.05, 0.1) is 16.7 Å². The van der Waals surface area contributed by atoms with Crippen molar-refractivity contribution in [2.24, 2.45) is 0 Å². The lowest BCUT2D eigenvalue weighted by molar-refractivity contribution is 1.20. The second kappa shape index (κ2) is 4.30. The average molecular weight is 269 g/mol. The number of halogens is 1. The molecule has 0 atom stereocenters. The number of nitrogen functional groups attached to an aromatic ring is 1. The van der Waals surface area contributed by atoms with E-state index in [1.807, 2.05) is 18.2 Å². The van der Waals surface area contributed by atoms with Gasteiger partial charge in [0.15, 0.2) is 0 Å². The summed E-state index contributed by atoms with van der Waals surface area (Å²) in [5.41, 5.74) is 8.99. The predicted molar refractivity (Wildman–Crippen MR) is 74.8 cm³/mol. The second-order valence-electron chi connectivity index (χ2n) is 4.11. The van der Waals surface area contributed by atoms with E-state index >= 15 is 0 Å². The van der Waals surface area contributed by atoms with Crippen LogP contribution < -0.4 is 5.73 Å². The fraction of sp³-hybridized carbons (Fsp3) is 0. The molecule has 19 heavy (non-hydrogen) atoms. The second-order valence-corrected chi connectivity index (χ2v) is 4.55. The minimum atomic E-state index is 0.530. The molecule has 0 aliphatic carbocycles. The first-order chi connectivity index (χ1) is 9.19. The predicted octanol–water partition coefficient (Wildman–Crippen LogP) is 3.11. The van der Waals surface area contributed by atoms with Crippen LogP contribution in [0.15, 0.2) is 42.6 Å². The van der Waals surface area contributed by atoms with Crippen molar-refractivity contribution in [3.63, 3.8) is 0 Å². The number of imidazole rings is 1. The number of pyridine rings is 1. The third-order valence-electron chi connectivity index (χ3n) is 2.91. The number of nitriles is 1. The number of hydrogen-bond acceptors (Lipinski definition) is 3. The number of nitrogens with zero attached hydrogens (tertiary/aromatic N) is 3. The van der Waals surface area contributed by atoms with Crippen molar-refractivity contribution in [1.82, 2.24) is 9.38 Å². The molecule has 4 nitrogen and oxygen atoms in total. The zero-order chi connectivity index (χ0) is 13.4. The SMILES string of the molecule is N#Cc1ccc(-c2nc3ccc(Cl)cn3c2N)cc1. The molecule has 0 aliphatic rings. The third-order valence-corrected chi connectivity index (χ3v) is 3.13. The summed E-state index contributed by atoms with van der Waals surface area (Å²) in [5, 5.41) is 9.39. The molecule has 5 heteroatoms. The molecule has 0 radical (unpaired) electrons. The molecule has 2 heterocycles. The number of rotatable bonds is 1. The molecular formula is C14H9ClN4. The van der Waals surface area contributed by atoms with Gasteiger partial charge < -0.3 is 5.73 Å². The van der Waals surface area contributed by atoms with Crippen molar-refractivity contribution in [3.8, 4) is 17.3 Å². The maximum atomic E-state index is 8.79. The number of nitrogens with two attached hydrogens (primary N) is 1. The number of benzene rings is 1. The standard InChI is InChI=1S/C14H9ClN4/c15-11-5-6-12-18-13(14(17)19(12)8-11)10-3-1-9(7-16)2-4-10/h1-6,8H,17H2. The molecule has 0 unspecified atom stereocenters. The Hall–Kier alpha value is -2.51. The molecule has 0 saturated carbocycles. The van der Waals surface area contributed by atoms with Crippen LogP contribution in [-0.2, 0) is 0 Å². The monoisotopic (exact) mass is 268 g/mol. The molecule has 0 saturated heterocycles. The lowest BCUT2D eigenvalue weighted by Gasteiger charge is -1.99. The van der Waals surface area contributed by atoms with Gasteiger partial charge in [-0.25, -0.2) is 4.98 Å². The van der Waals surface area contributed by atoms with Crippen LogP contribution in [-0.4, -0.2) is 9.38 Å². The van der Waals surface area contributed by atoms with Crippen molar-refractivity contribution >= 4 is 23.1 Å². The summed E-state index contributed by atoms with van der Waals surface area (Å²) in [6.45, 7) is 0. The maximum absolute atomic E-state index is 8.79. The van der Waals surface area contributed by atoms with Gasteiger partial charge in [-0.1, -0.05) is 23.7 Å². The molecule has 2 aromatic heterocycles. The maximum Gasteiger partial charge on any atom is 0.139 e. The largest absolute Gasteiger partial charge is 0.383 e. The van der Waals surface area contributed by atoms with Crippen LogP contribution in [0.1, 0.15) is 5.56 Å². The molecule has 0 aliphatic heterocycles. The van der Waals surface area contributed by atoms with E-state index < -0.39 is 0 Å². The van der Waals surface area contributed by atoms with Crippen molar-refractivity contribution in [3.05, 3.63) is 53.2 Å². The summed E-state index contributed by atoms with van der Waals surface area (Å²) in [7, 11) is 0. The topological polar surface area (TPSA) is 67.1 Å². The van der Waals surface area contributed by atoms with Crippen LogP contribution in [0.2, 0.25) is 5.02 Å². The summed E-state index contributed by atoms with van der Waals surface area (Å²) in [5.74, 6) is 0.530. The third kappa shape index (κ3) is 1.90. The highest BCUT2D eigenvalue weighted by atomic mass is 35.5. The molecule has 3 rings (SSSR count). The van der Waals surface area contributed by atoms with E-state index in [4.69, 9.17) is 22.6 Å². The van der Waals surface area contributed by atoms with Gasteiger partial charge in [0.25, 0.3) is 0 Å². The van der Waals surface area contributed by atoms with E-state index in [-0.39, 0.29) is 0 Å². The molecule has 92 valence electrons. The molecule has 0 spiro atoms. The number of aromatic nitrogens is 2. The molecule has 0 fully saturated rings.